The van der Waals surface area contributed by atoms with Crippen molar-refractivity contribution in [2.24, 2.45) is 0 Å². The highest BCUT2D eigenvalue weighted by atomic mass is 35.5. The monoisotopic (exact) mass is 563 g/mol. The number of hydrogen-bond acceptors (Lipinski definition) is 8. The van der Waals surface area contributed by atoms with Gasteiger partial charge >= 0.3 is 0 Å². The van der Waals surface area contributed by atoms with Crippen LogP contribution in [0.3, 0.4) is 0 Å². The number of nitrogens with zero attached hydrogens (tertiary/aromatic N) is 4. The number of aliphatic hydroxyl groups excluding tert-OH is 1. The summed E-state index contributed by atoms with van der Waals surface area (Å²) in [6.07, 6.45) is 3.68. The van der Waals surface area contributed by atoms with Gasteiger partial charge in [-0.1, -0.05) is 11.3 Å². The predicted octanol–water partition coefficient (Wildman–Crippen LogP) is 0.210. The van der Waals surface area contributed by atoms with Gasteiger partial charge in [0.1, 0.15) is 11.8 Å². The number of nitrogens with one attached hydrogen (secondary N) is 3. The number of benzene rings is 1. The molecule has 1 saturated heterocycles. The summed E-state index contributed by atoms with van der Waals surface area (Å²) in [7, 11) is 0. The van der Waals surface area contributed by atoms with Crippen LogP contribution in [0.4, 0.5) is 0 Å². The van der Waals surface area contributed by atoms with Gasteiger partial charge < -0.3 is 30.7 Å². The van der Waals surface area contributed by atoms with Crippen molar-refractivity contribution in [3.05, 3.63) is 41.2 Å². The molecule has 4 bridgehead atoms. The highest BCUT2D eigenvalue weighted by molar-refractivity contribution is 5.98. The number of halogens is 1. The number of fused-ring (bicyclic) bond motifs is 4. The molecule has 2 aliphatic heterocycles. The molecule has 1 aromatic carbocycles. The second kappa shape index (κ2) is 14.2. The molecule has 1 aromatic heterocycles. The Bertz CT molecular complexity index is 1140. The lowest BCUT2D eigenvalue weighted by atomic mass is 10.1. The lowest BCUT2D eigenvalue weighted by molar-refractivity contribution is -0.133. The summed E-state index contributed by atoms with van der Waals surface area (Å²) in [5.41, 5.74) is 1.98. The number of rotatable bonds is 2. The first kappa shape index (κ1) is 30.3. The molecule has 3 amide bonds. The molecule has 0 unspecified atom stereocenters. The van der Waals surface area contributed by atoms with Gasteiger partial charge in [-0.2, -0.15) is 0 Å². The quantitative estimate of drug-likeness (QED) is 0.405. The van der Waals surface area contributed by atoms with E-state index in [-0.39, 0.29) is 37.4 Å². The minimum absolute atomic E-state index is 0. The maximum atomic E-state index is 13.2. The third-order valence-corrected chi connectivity index (χ3v) is 6.87. The fourth-order valence-electron chi connectivity index (χ4n) is 4.62. The molecule has 2 aromatic rings. The van der Waals surface area contributed by atoms with Gasteiger partial charge in [-0.05, 0) is 50.9 Å². The third-order valence-electron chi connectivity index (χ3n) is 6.87. The van der Waals surface area contributed by atoms with Crippen LogP contribution in [0.5, 0.6) is 5.75 Å². The van der Waals surface area contributed by atoms with Crippen LogP contribution in [0.1, 0.15) is 47.8 Å². The first-order valence-corrected chi connectivity index (χ1v) is 13.2. The minimum atomic E-state index is -1.16. The zero-order valence-corrected chi connectivity index (χ0v) is 23.2. The molecular formula is C26H38ClN7O5. The van der Waals surface area contributed by atoms with E-state index in [2.05, 4.69) is 26.3 Å². The van der Waals surface area contributed by atoms with Gasteiger partial charge in [0, 0.05) is 50.8 Å². The van der Waals surface area contributed by atoms with Crippen molar-refractivity contribution < 1.29 is 24.2 Å². The summed E-state index contributed by atoms with van der Waals surface area (Å²) in [6, 6.07) is 3.67. The Balaban J connectivity index is 0.00000420. The first-order chi connectivity index (χ1) is 18.3. The van der Waals surface area contributed by atoms with Gasteiger partial charge in [0.2, 0.25) is 11.8 Å². The molecule has 214 valence electrons. The van der Waals surface area contributed by atoms with Gasteiger partial charge in [0.15, 0.2) is 0 Å². The Morgan fingerprint density at radius 1 is 1.18 bits per heavy atom. The van der Waals surface area contributed by atoms with E-state index < -0.39 is 24.0 Å². The average Bonchev–Trinajstić information content (AvgIpc) is 3.59. The van der Waals surface area contributed by atoms with Crippen molar-refractivity contribution in [3.63, 3.8) is 0 Å². The van der Waals surface area contributed by atoms with Crippen molar-refractivity contribution in [2.45, 2.75) is 64.3 Å². The summed E-state index contributed by atoms with van der Waals surface area (Å²) < 4.78 is 7.68. The van der Waals surface area contributed by atoms with Crippen LogP contribution in [-0.2, 0) is 22.6 Å². The number of carbonyl (C=O) groups excluding carboxylic acids is 3. The summed E-state index contributed by atoms with van der Waals surface area (Å²) in [6.45, 7) is 6.06. The predicted molar refractivity (Wildman–Crippen MR) is 146 cm³/mol. The maximum Gasteiger partial charge on any atom is 0.252 e. The summed E-state index contributed by atoms with van der Waals surface area (Å²) >= 11 is 0. The molecule has 3 heterocycles. The normalized spacial score (nSPS) is 22.1. The largest absolute Gasteiger partial charge is 0.493 e. The van der Waals surface area contributed by atoms with Crippen LogP contribution >= 0.6 is 12.4 Å². The molecule has 4 N–H and O–H groups in total. The van der Waals surface area contributed by atoms with E-state index in [4.69, 9.17) is 4.74 Å². The van der Waals surface area contributed by atoms with Crippen LogP contribution < -0.4 is 20.7 Å². The molecular weight excluding hydrogens is 526 g/mol. The number of hydrogen-bond donors (Lipinski definition) is 4. The van der Waals surface area contributed by atoms with Crippen LogP contribution in [0.2, 0.25) is 0 Å². The summed E-state index contributed by atoms with van der Waals surface area (Å²) in [5.74, 6) is -0.463. The zero-order valence-electron chi connectivity index (χ0n) is 22.4. The van der Waals surface area contributed by atoms with E-state index in [0.29, 0.717) is 43.9 Å². The second-order valence-corrected chi connectivity index (χ2v) is 9.86. The fraction of sp³-hybridized carbons (Fsp3) is 0.577. The zero-order chi connectivity index (χ0) is 27.1. The molecule has 0 saturated carbocycles. The van der Waals surface area contributed by atoms with E-state index in [1.165, 1.54) is 6.92 Å². The number of aromatic nitrogens is 3. The standard InChI is InChI=1S/C26H37N7O5.ClH/c1-17-6-7-19-15-22(17)38-14-4-11-33-16-20(30-31-33)8-12-32(26(37)21-5-3-9-27-21)13-10-28-25(36)23(18(2)34)29-24(19)35;/h6-7,15-16,18,21,23,27,34H,3-5,8-14H2,1-2H3,(H,28,36)(H,29,35);1H/t18-,21+,23+;/m1./s1. The Morgan fingerprint density at radius 2 is 2.00 bits per heavy atom. The molecule has 4 rings (SSSR count). The SMILES string of the molecule is Cc1ccc2cc1OCCCn1cc(nn1)CCN(C(=O)[C@@H]1CCCN1)CCNC(=O)[C@H]([C@@H](C)O)NC2=O.Cl. The van der Waals surface area contributed by atoms with Gasteiger partial charge in [-0.3, -0.25) is 19.1 Å². The van der Waals surface area contributed by atoms with E-state index in [1.807, 2.05) is 13.1 Å². The lowest BCUT2D eigenvalue weighted by Crippen LogP contribution is -2.54. The van der Waals surface area contributed by atoms with Gasteiger partial charge in [-0.25, -0.2) is 0 Å². The molecule has 39 heavy (non-hydrogen) atoms. The third kappa shape index (κ3) is 8.13. The molecule has 2 aliphatic rings. The first-order valence-electron chi connectivity index (χ1n) is 13.2. The van der Waals surface area contributed by atoms with Crippen molar-refractivity contribution in [2.75, 3.05) is 32.8 Å². The Kier molecular flexibility index (Phi) is 11.1. The number of carbonyl (C=O) groups is 3. The molecule has 12 nitrogen and oxygen atoms in total. The van der Waals surface area contributed by atoms with Gasteiger partial charge in [0.25, 0.3) is 5.91 Å². The Hall–Kier alpha value is -3.22. The molecule has 3 atom stereocenters. The molecule has 1 fully saturated rings. The van der Waals surface area contributed by atoms with Crippen LogP contribution in [-0.4, -0.2) is 93.7 Å². The van der Waals surface area contributed by atoms with E-state index >= 15 is 0 Å². The van der Waals surface area contributed by atoms with E-state index in [9.17, 15) is 19.5 Å². The van der Waals surface area contributed by atoms with Crippen LogP contribution in [0, 0.1) is 6.92 Å². The molecule has 0 spiro atoms. The Morgan fingerprint density at radius 3 is 2.74 bits per heavy atom. The highest BCUT2D eigenvalue weighted by Crippen LogP contribution is 2.20. The van der Waals surface area contributed by atoms with Gasteiger partial charge in [-0.15, -0.1) is 17.5 Å². The van der Waals surface area contributed by atoms with Crippen molar-refractivity contribution in [3.8, 4) is 5.75 Å². The van der Waals surface area contributed by atoms with Crippen molar-refractivity contribution >= 4 is 30.1 Å². The number of ether oxygens (including phenoxy) is 1. The molecule has 13 heteroatoms. The lowest BCUT2D eigenvalue weighted by Gasteiger charge is -2.26. The smallest absolute Gasteiger partial charge is 0.252 e. The fourth-order valence-corrected chi connectivity index (χ4v) is 4.62. The molecule has 0 aliphatic carbocycles. The highest BCUT2D eigenvalue weighted by Gasteiger charge is 2.29. The maximum absolute atomic E-state index is 13.2. The van der Waals surface area contributed by atoms with Gasteiger partial charge in [0.05, 0.1) is 24.4 Å². The Labute approximate surface area is 234 Å². The summed E-state index contributed by atoms with van der Waals surface area (Å²) in [4.78, 5) is 40.8. The van der Waals surface area contributed by atoms with E-state index in [1.54, 1.807) is 27.8 Å². The summed E-state index contributed by atoms with van der Waals surface area (Å²) in [5, 5.41) is 27.3. The number of amides is 3. The van der Waals surface area contributed by atoms with Crippen LogP contribution in [0.25, 0.3) is 0 Å². The van der Waals surface area contributed by atoms with Crippen molar-refractivity contribution in [1.82, 2.24) is 35.8 Å². The van der Waals surface area contributed by atoms with Crippen LogP contribution in [0.15, 0.2) is 24.4 Å². The minimum Gasteiger partial charge on any atom is -0.493 e. The molecule has 0 radical (unpaired) electrons. The average molecular weight is 564 g/mol. The van der Waals surface area contributed by atoms with Crippen molar-refractivity contribution in [1.29, 1.82) is 0 Å². The topological polar surface area (TPSA) is 151 Å². The van der Waals surface area contributed by atoms with E-state index in [0.717, 1.165) is 30.6 Å². The number of aryl methyl sites for hydroxylation is 2. The second-order valence-electron chi connectivity index (χ2n) is 9.86. The number of aliphatic hydroxyl groups is 1.